The van der Waals surface area contributed by atoms with E-state index in [-0.39, 0.29) is 24.5 Å². The molecule has 0 aliphatic rings. The van der Waals surface area contributed by atoms with Crippen LogP contribution in [-0.4, -0.2) is 25.7 Å². The molecule has 0 aromatic heterocycles. The van der Waals surface area contributed by atoms with E-state index in [4.69, 9.17) is 14.2 Å². The molecule has 0 saturated carbocycles. The number of hydrogen-bond acceptors (Lipinski definition) is 4. The van der Waals surface area contributed by atoms with Crippen molar-refractivity contribution in [3.63, 3.8) is 0 Å². The number of carbonyl (C=O) groups excluding carboxylic acids is 1. The van der Waals surface area contributed by atoms with E-state index in [1.54, 1.807) is 0 Å². The van der Waals surface area contributed by atoms with Crippen LogP contribution in [0.5, 0.6) is 17.2 Å². The molecule has 1 atom stereocenters. The van der Waals surface area contributed by atoms with E-state index in [9.17, 15) is 4.79 Å². The second kappa shape index (κ2) is 10.5. The summed E-state index contributed by atoms with van der Waals surface area (Å²) in [5, 5.41) is 3.06. The Kier molecular flexibility index (Phi) is 7.99. The minimum absolute atomic E-state index is 0.0252. The summed E-state index contributed by atoms with van der Waals surface area (Å²) in [5.41, 5.74) is 0.977. The number of nitrogens with one attached hydrogen (secondary N) is 1. The third kappa shape index (κ3) is 6.20. The van der Waals surface area contributed by atoms with Crippen molar-refractivity contribution in [2.45, 2.75) is 33.7 Å². The van der Waals surface area contributed by atoms with E-state index >= 15 is 0 Å². The first-order valence-corrected chi connectivity index (χ1v) is 9.41. The normalized spacial score (nSPS) is 11.7. The van der Waals surface area contributed by atoms with Gasteiger partial charge in [0.25, 0.3) is 5.91 Å². The monoisotopic (exact) mass is 371 g/mol. The Morgan fingerprint density at radius 3 is 2.22 bits per heavy atom. The van der Waals surface area contributed by atoms with Crippen LogP contribution in [-0.2, 0) is 4.79 Å². The van der Waals surface area contributed by atoms with Gasteiger partial charge < -0.3 is 19.5 Å². The van der Waals surface area contributed by atoms with Gasteiger partial charge in [0, 0.05) is 0 Å². The summed E-state index contributed by atoms with van der Waals surface area (Å²) in [6, 6.07) is 15.0. The molecule has 0 saturated heterocycles. The van der Waals surface area contributed by atoms with Crippen molar-refractivity contribution in [1.29, 1.82) is 0 Å². The molecule has 2 rings (SSSR count). The second-order valence-electron chi connectivity index (χ2n) is 6.46. The zero-order valence-corrected chi connectivity index (χ0v) is 16.5. The first-order chi connectivity index (χ1) is 13.0. The van der Waals surface area contributed by atoms with Crippen molar-refractivity contribution in [3.05, 3.63) is 54.1 Å². The van der Waals surface area contributed by atoms with E-state index in [2.05, 4.69) is 19.2 Å². The largest absolute Gasteiger partial charge is 0.490 e. The minimum atomic E-state index is -0.163. The maximum atomic E-state index is 12.4. The molecule has 0 heterocycles. The highest BCUT2D eigenvalue weighted by Crippen LogP contribution is 2.32. The minimum Gasteiger partial charge on any atom is -0.490 e. The molecule has 1 unspecified atom stereocenters. The van der Waals surface area contributed by atoms with Crippen LogP contribution in [0.1, 0.15) is 39.3 Å². The highest BCUT2D eigenvalue weighted by Gasteiger charge is 2.20. The Labute approximate surface area is 161 Å². The summed E-state index contributed by atoms with van der Waals surface area (Å²) >= 11 is 0. The Morgan fingerprint density at radius 1 is 0.926 bits per heavy atom. The van der Waals surface area contributed by atoms with Gasteiger partial charge in [-0.2, -0.15) is 0 Å². The molecule has 0 bridgehead atoms. The van der Waals surface area contributed by atoms with Crippen molar-refractivity contribution >= 4 is 5.91 Å². The van der Waals surface area contributed by atoms with Crippen LogP contribution in [0, 0.1) is 5.92 Å². The molecule has 1 amide bonds. The molecule has 1 N–H and O–H groups in total. The number of para-hydroxylation sites is 1. The summed E-state index contributed by atoms with van der Waals surface area (Å²) in [5.74, 6) is 2.12. The van der Waals surface area contributed by atoms with Gasteiger partial charge in [-0.25, -0.2) is 0 Å². The third-order valence-corrected chi connectivity index (χ3v) is 4.02. The molecule has 27 heavy (non-hydrogen) atoms. The lowest BCUT2D eigenvalue weighted by Crippen LogP contribution is -2.35. The van der Waals surface area contributed by atoms with Gasteiger partial charge >= 0.3 is 0 Å². The van der Waals surface area contributed by atoms with Crippen molar-refractivity contribution in [3.8, 4) is 17.2 Å². The lowest BCUT2D eigenvalue weighted by molar-refractivity contribution is -0.124. The fourth-order valence-corrected chi connectivity index (χ4v) is 2.78. The van der Waals surface area contributed by atoms with Gasteiger partial charge in [-0.15, -0.1) is 0 Å². The number of carbonyl (C=O) groups is 1. The summed E-state index contributed by atoms with van der Waals surface area (Å²) in [4.78, 5) is 12.4. The van der Waals surface area contributed by atoms with Crippen LogP contribution in [0.25, 0.3) is 0 Å². The van der Waals surface area contributed by atoms with E-state index in [1.807, 2.05) is 62.4 Å². The van der Waals surface area contributed by atoms with Gasteiger partial charge in [0.15, 0.2) is 18.1 Å². The molecule has 0 aliphatic heterocycles. The zero-order chi connectivity index (χ0) is 19.6. The van der Waals surface area contributed by atoms with Gasteiger partial charge in [-0.3, -0.25) is 4.79 Å². The number of amides is 1. The fourth-order valence-electron chi connectivity index (χ4n) is 2.78. The van der Waals surface area contributed by atoms with Crippen molar-refractivity contribution < 1.29 is 19.0 Å². The van der Waals surface area contributed by atoms with E-state index < -0.39 is 0 Å². The maximum absolute atomic E-state index is 12.4. The predicted octanol–water partition coefficient (Wildman–Crippen LogP) is 4.38. The molecule has 0 radical (unpaired) electrons. The fraction of sp³-hybridized carbons (Fsp3) is 0.409. The highest BCUT2D eigenvalue weighted by atomic mass is 16.5. The Hall–Kier alpha value is -2.69. The summed E-state index contributed by atoms with van der Waals surface area (Å²) in [7, 11) is 0. The van der Waals surface area contributed by atoms with Gasteiger partial charge in [0.2, 0.25) is 0 Å². The number of benzene rings is 2. The smallest absolute Gasteiger partial charge is 0.258 e. The van der Waals surface area contributed by atoms with Gasteiger partial charge in [0.05, 0.1) is 19.3 Å². The summed E-state index contributed by atoms with van der Waals surface area (Å²) in [6.07, 6.45) is 0. The molecule has 2 aromatic rings. The quantitative estimate of drug-likeness (QED) is 0.673. The molecular weight excluding hydrogens is 342 g/mol. The lowest BCUT2D eigenvalue weighted by atomic mass is 9.95. The van der Waals surface area contributed by atoms with Crippen LogP contribution >= 0.6 is 0 Å². The van der Waals surface area contributed by atoms with E-state index in [1.165, 1.54) is 0 Å². The lowest BCUT2D eigenvalue weighted by Gasteiger charge is -2.24. The topological polar surface area (TPSA) is 56.8 Å². The SMILES string of the molecule is CCOc1ccc(C(NC(=O)COc2ccccc2)C(C)C)cc1OCC. The van der Waals surface area contributed by atoms with Crippen LogP contribution in [0.4, 0.5) is 0 Å². The molecule has 0 fully saturated rings. The molecule has 5 nitrogen and oxygen atoms in total. The Balaban J connectivity index is 2.09. The number of hydrogen-bond donors (Lipinski definition) is 1. The van der Waals surface area contributed by atoms with Crippen molar-refractivity contribution in [2.75, 3.05) is 19.8 Å². The van der Waals surface area contributed by atoms with Crippen LogP contribution in [0.2, 0.25) is 0 Å². The maximum Gasteiger partial charge on any atom is 0.258 e. The molecule has 0 spiro atoms. The summed E-state index contributed by atoms with van der Waals surface area (Å²) in [6.45, 7) is 9.11. The van der Waals surface area contributed by atoms with Gasteiger partial charge in [0.1, 0.15) is 5.75 Å². The molecule has 2 aromatic carbocycles. The van der Waals surface area contributed by atoms with E-state index in [0.717, 1.165) is 5.56 Å². The number of rotatable bonds is 10. The zero-order valence-electron chi connectivity index (χ0n) is 16.5. The Morgan fingerprint density at radius 2 is 1.59 bits per heavy atom. The van der Waals surface area contributed by atoms with Crippen LogP contribution < -0.4 is 19.5 Å². The highest BCUT2D eigenvalue weighted by molar-refractivity contribution is 5.78. The van der Waals surface area contributed by atoms with Crippen LogP contribution in [0.15, 0.2) is 48.5 Å². The molecule has 146 valence electrons. The standard InChI is InChI=1S/C22H29NO4/c1-5-25-19-13-12-17(14-20(19)26-6-2)22(16(3)4)23-21(24)15-27-18-10-8-7-9-11-18/h7-14,16,22H,5-6,15H2,1-4H3,(H,23,24). The third-order valence-electron chi connectivity index (χ3n) is 4.02. The predicted molar refractivity (Wildman–Crippen MR) is 106 cm³/mol. The molecule has 0 aliphatic carbocycles. The number of ether oxygens (including phenoxy) is 3. The first kappa shape index (κ1) is 20.6. The van der Waals surface area contributed by atoms with Crippen molar-refractivity contribution in [1.82, 2.24) is 5.32 Å². The average molecular weight is 371 g/mol. The Bertz CT molecular complexity index is 716. The van der Waals surface area contributed by atoms with Gasteiger partial charge in [-0.1, -0.05) is 38.1 Å². The molecular formula is C22H29NO4. The second-order valence-corrected chi connectivity index (χ2v) is 6.46. The average Bonchev–Trinajstić information content (AvgIpc) is 2.67. The summed E-state index contributed by atoms with van der Waals surface area (Å²) < 4.78 is 16.9. The van der Waals surface area contributed by atoms with Crippen LogP contribution in [0.3, 0.4) is 0 Å². The van der Waals surface area contributed by atoms with Crippen molar-refractivity contribution in [2.24, 2.45) is 5.92 Å². The van der Waals surface area contributed by atoms with E-state index in [0.29, 0.717) is 30.5 Å². The first-order valence-electron chi connectivity index (χ1n) is 9.41. The van der Waals surface area contributed by atoms with Gasteiger partial charge in [-0.05, 0) is 49.6 Å². The molecule has 5 heteroatoms.